The van der Waals surface area contributed by atoms with Gasteiger partial charge in [0.1, 0.15) is 4.90 Å². The molecule has 0 fully saturated rings. The van der Waals surface area contributed by atoms with Crippen molar-refractivity contribution in [1.29, 1.82) is 0 Å². The summed E-state index contributed by atoms with van der Waals surface area (Å²) < 4.78 is 31.4. The fourth-order valence-corrected chi connectivity index (χ4v) is 4.54. The molecule has 0 spiro atoms. The van der Waals surface area contributed by atoms with E-state index in [1.165, 1.54) is 24.4 Å². The molecule has 166 valence electrons. The number of carbonyl (C=O) groups excluding carboxylic acids is 1. The highest BCUT2D eigenvalue weighted by molar-refractivity contribution is 9.10. The first-order chi connectivity index (χ1) is 15.8. The molecule has 0 aliphatic heterocycles. The molecule has 1 amide bonds. The lowest BCUT2D eigenvalue weighted by Gasteiger charge is -2.10. The van der Waals surface area contributed by atoms with Gasteiger partial charge in [0.05, 0.1) is 6.21 Å². The molecule has 0 saturated carbocycles. The second-order valence-electron chi connectivity index (χ2n) is 7.26. The summed E-state index contributed by atoms with van der Waals surface area (Å²) in [6.45, 7) is 1.87. The Bertz CT molecular complexity index is 1460. The van der Waals surface area contributed by atoms with Gasteiger partial charge in [0, 0.05) is 15.6 Å². The molecule has 33 heavy (non-hydrogen) atoms. The molecule has 0 unspecified atom stereocenters. The molecule has 0 bridgehead atoms. The monoisotopic (exact) mass is 522 g/mol. The number of fused-ring (bicyclic) bond motifs is 1. The normalized spacial score (nSPS) is 11.6. The van der Waals surface area contributed by atoms with E-state index in [1.54, 1.807) is 36.4 Å². The van der Waals surface area contributed by atoms with E-state index >= 15 is 0 Å². The Hall–Kier alpha value is -3.49. The fourth-order valence-electron chi connectivity index (χ4n) is 3.21. The SMILES string of the molecule is Cc1ccc(S(=O)(=O)Oc2ccc(Br)cc2/C=N/NC(=O)c2cccc3ccccc23)cc1. The van der Waals surface area contributed by atoms with E-state index in [4.69, 9.17) is 4.18 Å². The van der Waals surface area contributed by atoms with Gasteiger partial charge in [-0.3, -0.25) is 4.79 Å². The van der Waals surface area contributed by atoms with Crippen LogP contribution >= 0.6 is 15.9 Å². The summed E-state index contributed by atoms with van der Waals surface area (Å²) in [7, 11) is -4.04. The van der Waals surface area contributed by atoms with Crippen LogP contribution in [0.5, 0.6) is 5.75 Å². The van der Waals surface area contributed by atoms with Gasteiger partial charge in [-0.1, -0.05) is 70.0 Å². The third kappa shape index (κ3) is 5.30. The van der Waals surface area contributed by atoms with Crippen LogP contribution in [0.3, 0.4) is 0 Å². The van der Waals surface area contributed by atoms with E-state index in [2.05, 4.69) is 26.5 Å². The first-order valence-corrected chi connectivity index (χ1v) is 12.2. The number of halogens is 1. The number of amides is 1. The van der Waals surface area contributed by atoms with Crippen LogP contribution in [0.1, 0.15) is 21.5 Å². The Morgan fingerprint density at radius 3 is 2.48 bits per heavy atom. The zero-order valence-electron chi connectivity index (χ0n) is 17.5. The highest BCUT2D eigenvalue weighted by Crippen LogP contribution is 2.25. The minimum atomic E-state index is -4.04. The summed E-state index contributed by atoms with van der Waals surface area (Å²) in [5.41, 5.74) is 4.29. The molecule has 0 heterocycles. The average molecular weight is 523 g/mol. The van der Waals surface area contributed by atoms with Crippen molar-refractivity contribution in [2.45, 2.75) is 11.8 Å². The zero-order valence-corrected chi connectivity index (χ0v) is 19.9. The third-order valence-electron chi connectivity index (χ3n) is 4.88. The van der Waals surface area contributed by atoms with Gasteiger partial charge in [-0.25, -0.2) is 5.43 Å². The number of hydrazone groups is 1. The van der Waals surface area contributed by atoms with Crippen LogP contribution < -0.4 is 9.61 Å². The molecule has 0 radical (unpaired) electrons. The molecule has 0 aliphatic carbocycles. The van der Waals surface area contributed by atoms with Gasteiger partial charge >= 0.3 is 10.1 Å². The van der Waals surface area contributed by atoms with Crippen LogP contribution in [0.25, 0.3) is 10.8 Å². The molecule has 4 aromatic carbocycles. The Kier molecular flexibility index (Phi) is 6.57. The largest absolute Gasteiger partial charge is 0.378 e. The maximum atomic E-state index is 12.7. The number of nitrogens with one attached hydrogen (secondary N) is 1. The second-order valence-corrected chi connectivity index (χ2v) is 9.72. The number of rotatable bonds is 6. The summed E-state index contributed by atoms with van der Waals surface area (Å²) in [6, 6.07) is 24.2. The summed E-state index contributed by atoms with van der Waals surface area (Å²) in [4.78, 5) is 12.7. The first kappa shape index (κ1) is 22.7. The lowest BCUT2D eigenvalue weighted by molar-refractivity contribution is 0.0956. The average Bonchev–Trinajstić information content (AvgIpc) is 2.80. The van der Waals surface area contributed by atoms with Crippen LogP contribution in [0.2, 0.25) is 0 Å². The molecule has 4 aromatic rings. The standard InChI is InChI=1S/C25H19BrN2O4S/c1-17-9-12-21(13-10-17)33(30,31)32-24-14-11-20(26)15-19(24)16-27-28-25(29)23-8-4-6-18-5-2-3-7-22(18)23/h2-16H,1H3,(H,28,29)/b27-16+. The molecule has 0 atom stereocenters. The Morgan fingerprint density at radius 1 is 0.970 bits per heavy atom. The topological polar surface area (TPSA) is 84.8 Å². The van der Waals surface area contributed by atoms with Gasteiger partial charge in [-0.05, 0) is 54.1 Å². The van der Waals surface area contributed by atoms with Crippen LogP contribution in [0, 0.1) is 6.92 Å². The van der Waals surface area contributed by atoms with E-state index in [-0.39, 0.29) is 16.6 Å². The van der Waals surface area contributed by atoms with Crippen molar-refractivity contribution < 1.29 is 17.4 Å². The quantitative estimate of drug-likeness (QED) is 0.207. The zero-order chi connectivity index (χ0) is 23.4. The van der Waals surface area contributed by atoms with Crippen LogP contribution in [-0.2, 0) is 10.1 Å². The lowest BCUT2D eigenvalue weighted by atomic mass is 10.0. The molecule has 8 heteroatoms. The number of aryl methyl sites for hydroxylation is 1. The maximum absolute atomic E-state index is 12.7. The summed E-state index contributed by atoms with van der Waals surface area (Å²) in [5, 5.41) is 5.77. The van der Waals surface area contributed by atoms with Crippen molar-refractivity contribution in [3.63, 3.8) is 0 Å². The van der Waals surface area contributed by atoms with Gasteiger partial charge in [0.15, 0.2) is 5.75 Å². The minimum absolute atomic E-state index is 0.0446. The Morgan fingerprint density at radius 2 is 1.70 bits per heavy atom. The van der Waals surface area contributed by atoms with E-state index in [1.807, 2.05) is 37.3 Å². The molecular weight excluding hydrogens is 504 g/mol. The predicted molar refractivity (Wildman–Crippen MR) is 132 cm³/mol. The molecular formula is C25H19BrN2O4S. The summed E-state index contributed by atoms with van der Waals surface area (Å²) >= 11 is 3.36. The van der Waals surface area contributed by atoms with Crippen molar-refractivity contribution in [2.24, 2.45) is 5.10 Å². The highest BCUT2D eigenvalue weighted by atomic mass is 79.9. The van der Waals surface area contributed by atoms with Crippen molar-refractivity contribution in [3.8, 4) is 5.75 Å². The van der Waals surface area contributed by atoms with E-state index in [9.17, 15) is 13.2 Å². The smallest absolute Gasteiger partial charge is 0.339 e. The summed E-state index contributed by atoms with van der Waals surface area (Å²) in [6.07, 6.45) is 1.34. The third-order valence-corrected chi connectivity index (χ3v) is 6.63. The van der Waals surface area contributed by atoms with Gasteiger partial charge in [-0.2, -0.15) is 13.5 Å². The molecule has 1 N–H and O–H groups in total. The van der Waals surface area contributed by atoms with Crippen molar-refractivity contribution in [2.75, 3.05) is 0 Å². The second kappa shape index (κ2) is 9.56. The molecule has 0 aliphatic rings. The van der Waals surface area contributed by atoms with Crippen molar-refractivity contribution >= 4 is 48.9 Å². The number of carbonyl (C=O) groups is 1. The van der Waals surface area contributed by atoms with Gasteiger partial charge in [-0.15, -0.1) is 0 Å². The van der Waals surface area contributed by atoms with E-state index in [0.717, 1.165) is 16.3 Å². The predicted octanol–water partition coefficient (Wildman–Crippen LogP) is 5.44. The van der Waals surface area contributed by atoms with Gasteiger partial charge in [0.2, 0.25) is 0 Å². The van der Waals surface area contributed by atoms with E-state index < -0.39 is 10.1 Å². The molecule has 4 rings (SSSR count). The van der Waals surface area contributed by atoms with Gasteiger partial charge in [0.25, 0.3) is 5.91 Å². The Balaban J connectivity index is 1.56. The lowest BCUT2D eigenvalue weighted by Crippen LogP contribution is -2.18. The molecule has 0 saturated heterocycles. The van der Waals surface area contributed by atoms with Crippen molar-refractivity contribution in [1.82, 2.24) is 5.43 Å². The first-order valence-electron chi connectivity index (χ1n) is 9.95. The fraction of sp³-hybridized carbons (Fsp3) is 0.0400. The van der Waals surface area contributed by atoms with Gasteiger partial charge < -0.3 is 4.18 Å². The maximum Gasteiger partial charge on any atom is 0.339 e. The molecule has 6 nitrogen and oxygen atoms in total. The number of hydrogen-bond donors (Lipinski definition) is 1. The van der Waals surface area contributed by atoms with Crippen molar-refractivity contribution in [3.05, 3.63) is 106 Å². The van der Waals surface area contributed by atoms with Crippen LogP contribution in [0.4, 0.5) is 0 Å². The van der Waals surface area contributed by atoms with E-state index in [0.29, 0.717) is 15.6 Å². The highest BCUT2D eigenvalue weighted by Gasteiger charge is 2.18. The Labute approximate surface area is 200 Å². The molecule has 0 aromatic heterocycles. The number of hydrogen-bond acceptors (Lipinski definition) is 5. The van der Waals surface area contributed by atoms with Crippen LogP contribution in [0.15, 0.2) is 99.4 Å². The number of benzene rings is 4. The van der Waals surface area contributed by atoms with Crippen LogP contribution in [-0.4, -0.2) is 20.5 Å². The number of nitrogens with zero attached hydrogens (tertiary/aromatic N) is 1. The minimum Gasteiger partial charge on any atom is -0.378 e. The summed E-state index contributed by atoms with van der Waals surface area (Å²) in [5.74, 6) is -0.297.